The third-order valence-electron chi connectivity index (χ3n) is 3.61. The maximum Gasteiger partial charge on any atom is 0.238 e. The fourth-order valence-electron chi connectivity index (χ4n) is 2.41. The average Bonchev–Trinajstić information content (AvgIpc) is 2.41. The van der Waals surface area contributed by atoms with Gasteiger partial charge in [-0.05, 0) is 31.5 Å². The van der Waals surface area contributed by atoms with E-state index >= 15 is 0 Å². The first-order valence-corrected chi connectivity index (χ1v) is 6.99. The predicted octanol–water partition coefficient (Wildman–Crippen LogP) is 1.24. The molecule has 1 amide bonds. The molecular weight excluding hydrogens is 254 g/mol. The van der Waals surface area contributed by atoms with E-state index in [0.29, 0.717) is 18.3 Å². The van der Waals surface area contributed by atoms with Crippen molar-refractivity contribution in [3.8, 4) is 5.75 Å². The molecule has 0 unspecified atom stereocenters. The second-order valence-electron chi connectivity index (χ2n) is 5.28. The van der Waals surface area contributed by atoms with Gasteiger partial charge in [0.15, 0.2) is 0 Å². The molecule has 2 N–H and O–H groups in total. The largest absolute Gasteiger partial charge is 0.495 e. The molecule has 5 nitrogen and oxygen atoms in total. The van der Waals surface area contributed by atoms with E-state index in [2.05, 4.69) is 22.5 Å². The Bertz CT molecular complexity index is 476. The molecule has 0 saturated carbocycles. The normalized spacial score (nSPS) is 19.6. The van der Waals surface area contributed by atoms with E-state index in [1.807, 2.05) is 25.1 Å². The lowest BCUT2D eigenvalue weighted by atomic mass is 10.2. The van der Waals surface area contributed by atoms with Crippen LogP contribution in [0.25, 0.3) is 0 Å². The van der Waals surface area contributed by atoms with Gasteiger partial charge in [-0.2, -0.15) is 0 Å². The van der Waals surface area contributed by atoms with E-state index in [-0.39, 0.29) is 5.91 Å². The van der Waals surface area contributed by atoms with Crippen LogP contribution >= 0.6 is 0 Å². The number of hydrogen-bond donors (Lipinski definition) is 2. The molecule has 1 aromatic carbocycles. The van der Waals surface area contributed by atoms with E-state index in [1.54, 1.807) is 7.11 Å². The molecule has 5 heteroatoms. The summed E-state index contributed by atoms with van der Waals surface area (Å²) in [6, 6.07) is 6.15. The fourth-order valence-corrected chi connectivity index (χ4v) is 2.41. The number of anilines is 1. The highest BCUT2D eigenvalue weighted by atomic mass is 16.5. The molecule has 1 atom stereocenters. The van der Waals surface area contributed by atoms with Crippen molar-refractivity contribution in [1.29, 1.82) is 0 Å². The second kappa shape index (κ2) is 6.72. The van der Waals surface area contributed by atoms with Crippen molar-refractivity contribution in [2.45, 2.75) is 19.9 Å². The number of carbonyl (C=O) groups excluding carboxylic acids is 1. The van der Waals surface area contributed by atoms with Crippen LogP contribution in [0.3, 0.4) is 0 Å². The second-order valence-corrected chi connectivity index (χ2v) is 5.28. The zero-order chi connectivity index (χ0) is 14.5. The van der Waals surface area contributed by atoms with Gasteiger partial charge in [0.2, 0.25) is 5.91 Å². The van der Waals surface area contributed by atoms with Crippen LogP contribution in [-0.4, -0.2) is 50.1 Å². The first-order chi connectivity index (χ1) is 9.60. The number of piperazine rings is 1. The Hall–Kier alpha value is -1.59. The summed E-state index contributed by atoms with van der Waals surface area (Å²) in [7, 11) is 1.61. The third-order valence-corrected chi connectivity index (χ3v) is 3.61. The molecule has 0 bridgehead atoms. The van der Waals surface area contributed by atoms with Crippen LogP contribution in [0.1, 0.15) is 12.5 Å². The number of benzene rings is 1. The molecule has 110 valence electrons. The van der Waals surface area contributed by atoms with Gasteiger partial charge in [0.1, 0.15) is 5.75 Å². The first kappa shape index (κ1) is 14.8. The number of carbonyl (C=O) groups is 1. The van der Waals surface area contributed by atoms with E-state index in [1.165, 1.54) is 0 Å². The number of nitrogens with one attached hydrogen (secondary N) is 2. The highest BCUT2D eigenvalue weighted by Gasteiger charge is 2.20. The number of ether oxygens (including phenoxy) is 1. The highest BCUT2D eigenvalue weighted by Crippen LogP contribution is 2.25. The molecule has 1 saturated heterocycles. The summed E-state index contributed by atoms with van der Waals surface area (Å²) in [4.78, 5) is 14.4. The maximum absolute atomic E-state index is 12.2. The number of rotatable bonds is 4. The summed E-state index contributed by atoms with van der Waals surface area (Å²) in [5.41, 5.74) is 1.83. The van der Waals surface area contributed by atoms with Crippen molar-refractivity contribution in [1.82, 2.24) is 10.2 Å². The minimum atomic E-state index is 0.00245. The van der Waals surface area contributed by atoms with Gasteiger partial charge < -0.3 is 15.4 Å². The lowest BCUT2D eigenvalue weighted by Crippen LogP contribution is -2.52. The SMILES string of the molecule is COc1ccc(C)cc1NC(=O)CN1CCNC[C@@H]1C. The smallest absolute Gasteiger partial charge is 0.238 e. The summed E-state index contributed by atoms with van der Waals surface area (Å²) < 4.78 is 5.27. The van der Waals surface area contributed by atoms with Crippen molar-refractivity contribution in [3.05, 3.63) is 23.8 Å². The van der Waals surface area contributed by atoms with Gasteiger partial charge in [0.05, 0.1) is 19.3 Å². The summed E-state index contributed by atoms with van der Waals surface area (Å²) in [5, 5.41) is 6.26. The molecule has 1 aliphatic rings. The molecular formula is C15H23N3O2. The molecule has 0 spiro atoms. The maximum atomic E-state index is 12.2. The molecule has 0 radical (unpaired) electrons. The zero-order valence-corrected chi connectivity index (χ0v) is 12.4. The third kappa shape index (κ3) is 3.71. The van der Waals surface area contributed by atoms with Gasteiger partial charge >= 0.3 is 0 Å². The van der Waals surface area contributed by atoms with E-state index in [9.17, 15) is 4.79 Å². The highest BCUT2D eigenvalue weighted by molar-refractivity contribution is 5.93. The van der Waals surface area contributed by atoms with Gasteiger partial charge in [-0.3, -0.25) is 9.69 Å². The van der Waals surface area contributed by atoms with Gasteiger partial charge in [0, 0.05) is 25.7 Å². The Morgan fingerprint density at radius 3 is 3.05 bits per heavy atom. The molecule has 1 aromatic rings. The minimum Gasteiger partial charge on any atom is -0.495 e. The standard InChI is InChI=1S/C15H23N3O2/c1-11-4-5-14(20-3)13(8-11)17-15(19)10-18-7-6-16-9-12(18)2/h4-5,8,12,16H,6-7,9-10H2,1-3H3,(H,17,19)/t12-/m0/s1. The molecule has 0 aromatic heterocycles. The quantitative estimate of drug-likeness (QED) is 0.869. The fraction of sp³-hybridized carbons (Fsp3) is 0.533. The zero-order valence-electron chi connectivity index (χ0n) is 12.4. The van der Waals surface area contributed by atoms with Crippen LogP contribution in [0.5, 0.6) is 5.75 Å². The molecule has 1 aliphatic heterocycles. The van der Waals surface area contributed by atoms with Gasteiger partial charge in [-0.1, -0.05) is 6.07 Å². The number of methoxy groups -OCH3 is 1. The van der Waals surface area contributed by atoms with Crippen molar-refractivity contribution < 1.29 is 9.53 Å². The number of nitrogens with zero attached hydrogens (tertiary/aromatic N) is 1. The van der Waals surface area contributed by atoms with Crippen molar-refractivity contribution >= 4 is 11.6 Å². The molecule has 1 heterocycles. The number of aryl methyl sites for hydroxylation is 1. The molecule has 1 fully saturated rings. The van der Waals surface area contributed by atoms with E-state index in [4.69, 9.17) is 4.74 Å². The van der Waals surface area contributed by atoms with Crippen LogP contribution in [0, 0.1) is 6.92 Å². The topological polar surface area (TPSA) is 53.6 Å². The van der Waals surface area contributed by atoms with E-state index in [0.717, 1.165) is 30.9 Å². The Labute approximate surface area is 120 Å². The number of hydrogen-bond acceptors (Lipinski definition) is 4. The summed E-state index contributed by atoms with van der Waals surface area (Å²) >= 11 is 0. The van der Waals surface area contributed by atoms with Crippen molar-refractivity contribution in [3.63, 3.8) is 0 Å². The van der Waals surface area contributed by atoms with Crippen LogP contribution in [-0.2, 0) is 4.79 Å². The molecule has 0 aliphatic carbocycles. The Balaban J connectivity index is 1.99. The minimum absolute atomic E-state index is 0.00245. The number of amides is 1. The first-order valence-electron chi connectivity index (χ1n) is 6.99. The molecule has 20 heavy (non-hydrogen) atoms. The summed E-state index contributed by atoms with van der Waals surface area (Å²) in [6.45, 7) is 7.31. The van der Waals surface area contributed by atoms with Crippen LogP contribution < -0.4 is 15.4 Å². The Kier molecular flexibility index (Phi) is 4.98. The van der Waals surface area contributed by atoms with Crippen LogP contribution in [0.4, 0.5) is 5.69 Å². The Morgan fingerprint density at radius 1 is 1.55 bits per heavy atom. The van der Waals surface area contributed by atoms with Gasteiger partial charge in [-0.15, -0.1) is 0 Å². The monoisotopic (exact) mass is 277 g/mol. The van der Waals surface area contributed by atoms with Crippen LogP contribution in [0.2, 0.25) is 0 Å². The summed E-state index contributed by atoms with van der Waals surface area (Å²) in [6.07, 6.45) is 0. The van der Waals surface area contributed by atoms with Gasteiger partial charge in [-0.25, -0.2) is 0 Å². The summed E-state index contributed by atoms with van der Waals surface area (Å²) in [5.74, 6) is 0.694. The molecule has 2 rings (SSSR count). The average molecular weight is 277 g/mol. The van der Waals surface area contributed by atoms with Gasteiger partial charge in [0.25, 0.3) is 0 Å². The predicted molar refractivity (Wildman–Crippen MR) is 80.3 cm³/mol. The van der Waals surface area contributed by atoms with Crippen molar-refractivity contribution in [2.75, 3.05) is 38.6 Å². The lowest BCUT2D eigenvalue weighted by molar-refractivity contribution is -0.118. The van der Waals surface area contributed by atoms with Crippen LogP contribution in [0.15, 0.2) is 18.2 Å². The lowest BCUT2D eigenvalue weighted by Gasteiger charge is -2.33. The Morgan fingerprint density at radius 2 is 2.35 bits per heavy atom. The van der Waals surface area contributed by atoms with Crippen molar-refractivity contribution in [2.24, 2.45) is 0 Å². The van der Waals surface area contributed by atoms with E-state index < -0.39 is 0 Å².